The lowest BCUT2D eigenvalue weighted by Gasteiger charge is -2.18. The first-order valence-electron chi connectivity index (χ1n) is 9.61. The van der Waals surface area contributed by atoms with Crippen molar-refractivity contribution in [1.82, 2.24) is 14.5 Å². The predicted molar refractivity (Wildman–Crippen MR) is 116 cm³/mol. The van der Waals surface area contributed by atoms with Gasteiger partial charge in [0.1, 0.15) is 0 Å². The summed E-state index contributed by atoms with van der Waals surface area (Å²) in [5.74, 6) is -0.715. The number of nitrogens with zero attached hydrogens (tertiary/aromatic N) is 2. The highest BCUT2D eigenvalue weighted by Gasteiger charge is 2.17. The van der Waals surface area contributed by atoms with Crippen molar-refractivity contribution in [2.45, 2.75) is 27.3 Å². The first-order chi connectivity index (χ1) is 14.2. The average Bonchev–Trinajstić information content (AvgIpc) is 2.70. The monoisotopic (exact) mass is 408 g/mol. The molecule has 0 bridgehead atoms. The molecule has 30 heavy (non-hydrogen) atoms. The van der Waals surface area contributed by atoms with E-state index in [0.29, 0.717) is 11.1 Å². The maximum Gasteiger partial charge on any atom is 0.328 e. The summed E-state index contributed by atoms with van der Waals surface area (Å²) in [6.45, 7) is 5.70. The molecule has 3 aromatic rings. The molecular formula is C22H24N4O4. The van der Waals surface area contributed by atoms with Gasteiger partial charge in [0.25, 0.3) is 11.5 Å². The molecule has 0 radical (unpaired) electrons. The van der Waals surface area contributed by atoms with Crippen molar-refractivity contribution < 1.29 is 9.59 Å². The van der Waals surface area contributed by atoms with Crippen molar-refractivity contribution in [3.05, 3.63) is 73.9 Å². The Morgan fingerprint density at radius 1 is 1.13 bits per heavy atom. The molecule has 0 aliphatic carbocycles. The van der Waals surface area contributed by atoms with Gasteiger partial charge < -0.3 is 15.2 Å². The minimum atomic E-state index is -0.527. The SMILES string of the molecule is CCn1c(=O)[nH]c2cc(C(=O)N(C)CC(=O)Nc3cccc(C)c3C)ccc2c1=O. The summed E-state index contributed by atoms with van der Waals surface area (Å²) in [6.07, 6.45) is 0. The smallest absolute Gasteiger partial charge is 0.328 e. The largest absolute Gasteiger partial charge is 0.332 e. The summed E-state index contributed by atoms with van der Waals surface area (Å²) >= 11 is 0. The fourth-order valence-corrected chi connectivity index (χ4v) is 3.26. The van der Waals surface area contributed by atoms with E-state index < -0.39 is 17.2 Å². The van der Waals surface area contributed by atoms with Crippen molar-refractivity contribution in [3.8, 4) is 0 Å². The normalized spacial score (nSPS) is 10.8. The molecule has 2 aromatic carbocycles. The Kier molecular flexibility index (Phi) is 5.86. The number of carbonyl (C=O) groups is 2. The Morgan fingerprint density at radius 3 is 2.57 bits per heavy atom. The van der Waals surface area contributed by atoms with Crippen molar-refractivity contribution in [2.75, 3.05) is 18.9 Å². The first-order valence-corrected chi connectivity index (χ1v) is 9.61. The third-order valence-corrected chi connectivity index (χ3v) is 5.15. The number of hydrogen-bond acceptors (Lipinski definition) is 4. The third kappa shape index (κ3) is 4.03. The van der Waals surface area contributed by atoms with Gasteiger partial charge in [-0.2, -0.15) is 0 Å². The van der Waals surface area contributed by atoms with E-state index in [9.17, 15) is 19.2 Å². The molecule has 2 N–H and O–H groups in total. The highest BCUT2D eigenvalue weighted by molar-refractivity contribution is 6.01. The van der Waals surface area contributed by atoms with Gasteiger partial charge in [0.2, 0.25) is 5.91 Å². The molecule has 8 heteroatoms. The fraction of sp³-hybridized carbons (Fsp3) is 0.273. The number of benzene rings is 2. The van der Waals surface area contributed by atoms with Gasteiger partial charge in [-0.25, -0.2) is 4.79 Å². The summed E-state index contributed by atoms with van der Waals surface area (Å²) in [5.41, 5.74) is 2.36. The van der Waals surface area contributed by atoms with Gasteiger partial charge in [-0.3, -0.25) is 19.0 Å². The van der Waals surface area contributed by atoms with Crippen LogP contribution >= 0.6 is 0 Å². The second-order valence-electron chi connectivity index (χ2n) is 7.20. The van der Waals surface area contributed by atoms with Crippen LogP contribution in [0.2, 0.25) is 0 Å². The molecule has 0 aliphatic heterocycles. The number of rotatable bonds is 5. The van der Waals surface area contributed by atoms with E-state index in [2.05, 4.69) is 10.3 Å². The second kappa shape index (κ2) is 8.36. The Labute approximate surface area is 173 Å². The van der Waals surface area contributed by atoms with Gasteiger partial charge in [-0.05, 0) is 56.2 Å². The van der Waals surface area contributed by atoms with E-state index >= 15 is 0 Å². The molecule has 0 spiro atoms. The van der Waals surface area contributed by atoms with Crippen molar-refractivity contribution >= 4 is 28.4 Å². The number of aromatic nitrogens is 2. The molecule has 0 aliphatic rings. The maximum absolute atomic E-state index is 12.8. The van der Waals surface area contributed by atoms with E-state index in [1.165, 1.54) is 30.1 Å². The van der Waals surface area contributed by atoms with E-state index in [0.717, 1.165) is 15.7 Å². The number of nitrogens with one attached hydrogen (secondary N) is 2. The number of aromatic amines is 1. The zero-order valence-electron chi connectivity index (χ0n) is 17.4. The minimum absolute atomic E-state index is 0.141. The molecule has 0 unspecified atom stereocenters. The van der Waals surface area contributed by atoms with Crippen LogP contribution in [0.4, 0.5) is 5.69 Å². The van der Waals surface area contributed by atoms with Crippen LogP contribution < -0.4 is 16.6 Å². The quantitative estimate of drug-likeness (QED) is 0.674. The van der Waals surface area contributed by atoms with Crippen molar-refractivity contribution in [2.24, 2.45) is 0 Å². The van der Waals surface area contributed by atoms with Crippen molar-refractivity contribution in [1.29, 1.82) is 0 Å². The number of carbonyl (C=O) groups excluding carboxylic acids is 2. The van der Waals surface area contributed by atoms with Gasteiger partial charge in [0.15, 0.2) is 0 Å². The Morgan fingerprint density at radius 2 is 1.87 bits per heavy atom. The Balaban J connectivity index is 1.79. The van der Waals surface area contributed by atoms with Crippen LogP contribution in [0.15, 0.2) is 46.0 Å². The minimum Gasteiger partial charge on any atom is -0.332 e. The summed E-state index contributed by atoms with van der Waals surface area (Å²) < 4.78 is 1.09. The van der Waals surface area contributed by atoms with Crippen LogP contribution in [0, 0.1) is 13.8 Å². The molecule has 0 saturated heterocycles. The highest BCUT2D eigenvalue weighted by Crippen LogP contribution is 2.18. The average molecular weight is 408 g/mol. The van der Waals surface area contributed by atoms with Crippen LogP contribution in [0.1, 0.15) is 28.4 Å². The Hall–Kier alpha value is -3.68. The van der Waals surface area contributed by atoms with Crippen LogP contribution in [0.3, 0.4) is 0 Å². The number of H-pyrrole nitrogens is 1. The third-order valence-electron chi connectivity index (χ3n) is 5.15. The van der Waals surface area contributed by atoms with Gasteiger partial charge in [-0.1, -0.05) is 12.1 Å². The number of likely N-dealkylation sites (N-methyl/N-ethyl adjacent to an activating group) is 1. The van der Waals surface area contributed by atoms with Gasteiger partial charge in [0.05, 0.1) is 17.4 Å². The van der Waals surface area contributed by atoms with Gasteiger partial charge >= 0.3 is 5.69 Å². The topological polar surface area (TPSA) is 104 Å². The number of hydrogen-bond donors (Lipinski definition) is 2. The van der Waals surface area contributed by atoms with E-state index in [4.69, 9.17) is 0 Å². The second-order valence-corrected chi connectivity index (χ2v) is 7.20. The lowest BCUT2D eigenvalue weighted by Crippen LogP contribution is -2.36. The van der Waals surface area contributed by atoms with E-state index in [1.54, 1.807) is 6.92 Å². The standard InChI is InChI=1S/C22H24N4O4/c1-5-26-21(29)16-10-9-15(11-18(16)24-22(26)30)20(28)25(4)12-19(27)23-17-8-6-7-13(2)14(17)3/h6-11H,5,12H2,1-4H3,(H,23,27)(H,24,30). The lowest BCUT2D eigenvalue weighted by molar-refractivity contribution is -0.116. The highest BCUT2D eigenvalue weighted by atomic mass is 16.2. The van der Waals surface area contributed by atoms with Crippen LogP contribution in [-0.2, 0) is 11.3 Å². The number of amides is 2. The zero-order chi connectivity index (χ0) is 22.0. The molecule has 8 nitrogen and oxygen atoms in total. The van der Waals surface area contributed by atoms with Crippen molar-refractivity contribution in [3.63, 3.8) is 0 Å². The first kappa shape index (κ1) is 21.0. The number of fused-ring (bicyclic) bond motifs is 1. The molecule has 3 rings (SSSR count). The van der Waals surface area contributed by atoms with Gasteiger partial charge in [-0.15, -0.1) is 0 Å². The Bertz CT molecular complexity index is 1260. The molecule has 0 atom stereocenters. The fourth-order valence-electron chi connectivity index (χ4n) is 3.26. The molecular weight excluding hydrogens is 384 g/mol. The van der Waals surface area contributed by atoms with E-state index in [-0.39, 0.29) is 30.1 Å². The predicted octanol–water partition coefficient (Wildman–Crippen LogP) is 2.04. The van der Waals surface area contributed by atoms with Crippen LogP contribution in [0.25, 0.3) is 10.9 Å². The molecule has 0 saturated carbocycles. The number of anilines is 1. The zero-order valence-corrected chi connectivity index (χ0v) is 17.4. The summed E-state index contributed by atoms with van der Waals surface area (Å²) in [5, 5.41) is 3.14. The molecule has 1 aromatic heterocycles. The summed E-state index contributed by atoms with van der Waals surface area (Å²) in [6, 6.07) is 10.1. The summed E-state index contributed by atoms with van der Waals surface area (Å²) in [7, 11) is 1.52. The van der Waals surface area contributed by atoms with Gasteiger partial charge in [0, 0.05) is 24.8 Å². The number of aryl methyl sites for hydroxylation is 1. The molecule has 156 valence electrons. The molecule has 1 heterocycles. The maximum atomic E-state index is 12.8. The van der Waals surface area contributed by atoms with Crippen LogP contribution in [0.5, 0.6) is 0 Å². The van der Waals surface area contributed by atoms with Crippen LogP contribution in [-0.4, -0.2) is 39.9 Å². The molecule has 2 amide bonds. The lowest BCUT2D eigenvalue weighted by atomic mass is 10.1. The van der Waals surface area contributed by atoms with E-state index in [1.807, 2.05) is 32.0 Å². The molecule has 0 fully saturated rings. The summed E-state index contributed by atoms with van der Waals surface area (Å²) in [4.78, 5) is 53.5.